The molecule has 1 aromatic rings. The minimum atomic E-state index is 0.128. The van der Waals surface area contributed by atoms with Gasteiger partial charge in [0.1, 0.15) is 17.6 Å². The molecule has 1 N–H and O–H groups in total. The molecule has 0 aromatic heterocycles. The highest BCUT2D eigenvalue weighted by molar-refractivity contribution is 9.10. The zero-order chi connectivity index (χ0) is 13.5. The second-order valence-corrected chi connectivity index (χ2v) is 5.30. The molecule has 0 aliphatic carbocycles. The zero-order valence-corrected chi connectivity index (χ0v) is 13.1. The number of benzene rings is 1. The van der Waals surface area contributed by atoms with Crippen LogP contribution in [0.25, 0.3) is 0 Å². The van der Waals surface area contributed by atoms with E-state index < -0.39 is 0 Å². The summed E-state index contributed by atoms with van der Waals surface area (Å²) in [5, 5.41) is 3.43. The van der Waals surface area contributed by atoms with Crippen LogP contribution in [-0.4, -0.2) is 25.8 Å². The molecule has 18 heavy (non-hydrogen) atoms. The predicted molar refractivity (Wildman–Crippen MR) is 78.5 cm³/mol. The van der Waals surface area contributed by atoms with Gasteiger partial charge in [-0.1, -0.05) is 6.92 Å². The summed E-state index contributed by atoms with van der Waals surface area (Å²) >= 11 is 3.48. The van der Waals surface area contributed by atoms with Crippen molar-refractivity contribution in [3.63, 3.8) is 0 Å². The molecule has 3 nitrogen and oxygen atoms in total. The van der Waals surface area contributed by atoms with E-state index in [0.29, 0.717) is 6.04 Å². The van der Waals surface area contributed by atoms with Crippen LogP contribution < -0.4 is 14.8 Å². The quantitative estimate of drug-likeness (QED) is 0.833. The Hall–Kier alpha value is -0.740. The minimum absolute atomic E-state index is 0.128. The van der Waals surface area contributed by atoms with Gasteiger partial charge in [-0.05, 0) is 54.4 Å². The maximum Gasteiger partial charge on any atom is 0.134 e. The van der Waals surface area contributed by atoms with Crippen molar-refractivity contribution < 1.29 is 9.47 Å². The first-order valence-electron chi connectivity index (χ1n) is 6.30. The van der Waals surface area contributed by atoms with Crippen LogP contribution in [0.1, 0.15) is 27.2 Å². The molecule has 2 unspecified atom stereocenters. The van der Waals surface area contributed by atoms with E-state index in [0.717, 1.165) is 28.9 Å². The second kappa shape index (κ2) is 7.64. The number of ether oxygens (including phenoxy) is 2. The molecule has 0 aliphatic heterocycles. The Morgan fingerprint density at radius 3 is 2.61 bits per heavy atom. The third kappa shape index (κ3) is 4.86. The first-order chi connectivity index (χ1) is 8.56. The molecule has 0 spiro atoms. The molecular formula is C14H22BrNO2. The van der Waals surface area contributed by atoms with E-state index in [4.69, 9.17) is 9.47 Å². The summed E-state index contributed by atoms with van der Waals surface area (Å²) in [6, 6.07) is 6.25. The molecule has 0 saturated carbocycles. The molecule has 102 valence electrons. The summed E-state index contributed by atoms with van der Waals surface area (Å²) in [7, 11) is 1.65. The molecule has 0 heterocycles. The lowest BCUT2D eigenvalue weighted by Gasteiger charge is -2.19. The van der Waals surface area contributed by atoms with Crippen LogP contribution in [0.4, 0.5) is 0 Å². The maximum atomic E-state index is 5.87. The van der Waals surface area contributed by atoms with Crippen molar-refractivity contribution in [3.05, 3.63) is 22.7 Å². The van der Waals surface area contributed by atoms with E-state index in [-0.39, 0.29) is 6.10 Å². The van der Waals surface area contributed by atoms with E-state index >= 15 is 0 Å². The molecule has 2 atom stereocenters. The average molecular weight is 316 g/mol. The molecule has 0 bridgehead atoms. The number of halogens is 1. The highest BCUT2D eigenvalue weighted by Gasteiger charge is 2.09. The summed E-state index contributed by atoms with van der Waals surface area (Å²) in [4.78, 5) is 0. The zero-order valence-electron chi connectivity index (χ0n) is 11.5. The van der Waals surface area contributed by atoms with E-state index in [9.17, 15) is 0 Å². The Morgan fingerprint density at radius 2 is 2.06 bits per heavy atom. The van der Waals surface area contributed by atoms with Crippen molar-refractivity contribution in [2.24, 2.45) is 0 Å². The maximum absolute atomic E-state index is 5.87. The van der Waals surface area contributed by atoms with E-state index in [1.165, 1.54) is 0 Å². The minimum Gasteiger partial charge on any atom is -0.497 e. The summed E-state index contributed by atoms with van der Waals surface area (Å²) in [6.45, 7) is 7.25. The lowest BCUT2D eigenvalue weighted by molar-refractivity contribution is 0.210. The number of methoxy groups -OCH3 is 1. The molecule has 0 fully saturated rings. The first kappa shape index (κ1) is 15.3. The highest BCUT2D eigenvalue weighted by atomic mass is 79.9. The molecule has 1 rings (SSSR count). The Kier molecular flexibility index (Phi) is 6.50. The van der Waals surface area contributed by atoms with E-state index in [2.05, 4.69) is 42.0 Å². The molecule has 0 saturated heterocycles. The summed E-state index contributed by atoms with van der Waals surface area (Å²) in [5.41, 5.74) is 0. The van der Waals surface area contributed by atoms with Crippen molar-refractivity contribution in [3.8, 4) is 11.5 Å². The predicted octanol–water partition coefficient (Wildman–Crippen LogP) is 3.61. The van der Waals surface area contributed by atoms with Crippen LogP contribution in [-0.2, 0) is 0 Å². The van der Waals surface area contributed by atoms with Gasteiger partial charge in [0.05, 0.1) is 11.6 Å². The van der Waals surface area contributed by atoms with Gasteiger partial charge in [-0.15, -0.1) is 0 Å². The Bertz CT molecular complexity index is 371. The number of hydrogen-bond donors (Lipinski definition) is 1. The van der Waals surface area contributed by atoms with Crippen LogP contribution in [0.5, 0.6) is 11.5 Å². The van der Waals surface area contributed by atoms with Crippen molar-refractivity contribution in [1.82, 2.24) is 5.32 Å². The summed E-state index contributed by atoms with van der Waals surface area (Å²) < 4.78 is 11.9. The molecule has 1 aromatic carbocycles. The van der Waals surface area contributed by atoms with Gasteiger partial charge in [-0.25, -0.2) is 0 Å². The Morgan fingerprint density at radius 1 is 1.33 bits per heavy atom. The fourth-order valence-electron chi connectivity index (χ4n) is 1.47. The Labute approximate surface area is 118 Å². The number of rotatable bonds is 7. The normalized spacial score (nSPS) is 14.1. The fourth-order valence-corrected chi connectivity index (χ4v) is 1.93. The monoisotopic (exact) mass is 315 g/mol. The van der Waals surface area contributed by atoms with E-state index in [1.807, 2.05) is 18.2 Å². The number of hydrogen-bond acceptors (Lipinski definition) is 3. The van der Waals surface area contributed by atoms with Gasteiger partial charge < -0.3 is 14.8 Å². The molecule has 0 radical (unpaired) electrons. The van der Waals surface area contributed by atoms with Crippen molar-refractivity contribution >= 4 is 15.9 Å². The number of nitrogens with one attached hydrogen (secondary N) is 1. The van der Waals surface area contributed by atoms with Crippen molar-refractivity contribution in [1.29, 1.82) is 0 Å². The van der Waals surface area contributed by atoms with Crippen LogP contribution >= 0.6 is 15.9 Å². The van der Waals surface area contributed by atoms with Crippen molar-refractivity contribution in [2.75, 3.05) is 13.7 Å². The SMILES string of the molecule is CCC(C)NCC(C)Oc1ccc(OC)cc1Br. The van der Waals surface area contributed by atoms with Gasteiger partial charge in [0.2, 0.25) is 0 Å². The molecule has 0 aliphatic rings. The van der Waals surface area contributed by atoms with Crippen LogP contribution in [0.15, 0.2) is 22.7 Å². The second-order valence-electron chi connectivity index (χ2n) is 4.44. The smallest absolute Gasteiger partial charge is 0.134 e. The van der Waals surface area contributed by atoms with Crippen LogP contribution in [0.3, 0.4) is 0 Å². The largest absolute Gasteiger partial charge is 0.497 e. The molecular weight excluding hydrogens is 294 g/mol. The lowest BCUT2D eigenvalue weighted by atomic mass is 10.2. The molecule has 4 heteroatoms. The fraction of sp³-hybridized carbons (Fsp3) is 0.571. The van der Waals surface area contributed by atoms with Crippen molar-refractivity contribution in [2.45, 2.75) is 39.3 Å². The average Bonchev–Trinajstić information content (AvgIpc) is 2.38. The van der Waals surface area contributed by atoms with Gasteiger partial charge in [-0.2, -0.15) is 0 Å². The van der Waals surface area contributed by atoms with Gasteiger partial charge in [0, 0.05) is 12.6 Å². The lowest BCUT2D eigenvalue weighted by Crippen LogP contribution is -2.34. The Balaban J connectivity index is 2.51. The first-order valence-corrected chi connectivity index (χ1v) is 7.09. The third-order valence-corrected chi connectivity index (χ3v) is 3.45. The van der Waals surface area contributed by atoms with Gasteiger partial charge in [0.15, 0.2) is 0 Å². The van der Waals surface area contributed by atoms with E-state index in [1.54, 1.807) is 7.11 Å². The topological polar surface area (TPSA) is 30.5 Å². The standard InChI is InChI=1S/C14H22BrNO2/c1-5-10(2)16-9-11(3)18-14-7-6-12(17-4)8-13(14)15/h6-8,10-11,16H,5,9H2,1-4H3. The van der Waals surface area contributed by atoms with Gasteiger partial charge >= 0.3 is 0 Å². The van der Waals surface area contributed by atoms with Gasteiger partial charge in [0.25, 0.3) is 0 Å². The van der Waals surface area contributed by atoms with Crippen LogP contribution in [0, 0.1) is 0 Å². The summed E-state index contributed by atoms with van der Waals surface area (Å²) in [6.07, 6.45) is 1.25. The highest BCUT2D eigenvalue weighted by Crippen LogP contribution is 2.29. The molecule has 0 amide bonds. The summed E-state index contributed by atoms with van der Waals surface area (Å²) in [5.74, 6) is 1.66. The third-order valence-electron chi connectivity index (χ3n) is 2.83. The van der Waals surface area contributed by atoms with Gasteiger partial charge in [-0.3, -0.25) is 0 Å². The van der Waals surface area contributed by atoms with Crippen LogP contribution in [0.2, 0.25) is 0 Å².